The van der Waals surface area contributed by atoms with E-state index in [-0.39, 0.29) is 12.3 Å². The van der Waals surface area contributed by atoms with E-state index in [1.54, 1.807) is 13.0 Å². The molecule has 2 aromatic carbocycles. The Kier molecular flexibility index (Phi) is 4.77. The number of nitrogens with zero attached hydrogens (tertiary/aromatic N) is 1. The maximum atomic E-state index is 13.1. The lowest BCUT2D eigenvalue weighted by atomic mass is 9.90. The fraction of sp³-hybridized carbons (Fsp3) is 0.375. The van der Waals surface area contributed by atoms with Crippen LogP contribution in [0, 0.1) is 0 Å². The van der Waals surface area contributed by atoms with Crippen molar-refractivity contribution in [2.24, 2.45) is 0 Å². The third-order valence-electron chi connectivity index (χ3n) is 6.15. The summed E-state index contributed by atoms with van der Waals surface area (Å²) < 4.78 is 0. The van der Waals surface area contributed by atoms with Gasteiger partial charge in [0, 0.05) is 5.56 Å². The number of ketones is 1. The summed E-state index contributed by atoms with van der Waals surface area (Å²) in [6.45, 7) is 5.65. The van der Waals surface area contributed by atoms with Crippen LogP contribution in [0.1, 0.15) is 65.7 Å². The summed E-state index contributed by atoms with van der Waals surface area (Å²) in [5.41, 5.74) is 3.76. The Morgan fingerprint density at radius 2 is 1.76 bits per heavy atom. The highest BCUT2D eigenvalue weighted by molar-refractivity contribution is 6.11. The minimum absolute atomic E-state index is 0.220. The maximum Gasteiger partial charge on any atom is 0.325 e. The van der Waals surface area contributed by atoms with Crippen LogP contribution in [0.5, 0.6) is 0 Å². The van der Waals surface area contributed by atoms with E-state index in [4.69, 9.17) is 0 Å². The molecule has 1 fully saturated rings. The van der Waals surface area contributed by atoms with E-state index in [1.165, 1.54) is 11.1 Å². The van der Waals surface area contributed by atoms with Gasteiger partial charge in [-0.3, -0.25) is 14.5 Å². The number of hydrogen-bond acceptors (Lipinski definition) is 3. The van der Waals surface area contributed by atoms with Crippen LogP contribution in [0.4, 0.5) is 4.79 Å². The first kappa shape index (κ1) is 19.4. The van der Waals surface area contributed by atoms with E-state index in [9.17, 15) is 14.4 Å². The molecule has 1 saturated heterocycles. The van der Waals surface area contributed by atoms with E-state index in [0.717, 1.165) is 29.7 Å². The van der Waals surface area contributed by atoms with E-state index >= 15 is 0 Å². The predicted octanol–water partition coefficient (Wildman–Crippen LogP) is 3.95. The molecule has 1 aliphatic heterocycles. The molecule has 1 aliphatic carbocycles. The van der Waals surface area contributed by atoms with Crippen molar-refractivity contribution in [1.82, 2.24) is 10.2 Å². The zero-order valence-electron chi connectivity index (χ0n) is 17.1. The smallest absolute Gasteiger partial charge is 0.319 e. The van der Waals surface area contributed by atoms with Crippen LogP contribution < -0.4 is 5.32 Å². The molecule has 29 heavy (non-hydrogen) atoms. The van der Waals surface area contributed by atoms with Gasteiger partial charge in [0.05, 0.1) is 6.54 Å². The molecule has 1 heterocycles. The SMILES string of the molecule is CC(C)c1ccc(C2(C)NC(=O)N(CC(=O)c3ccc4c(c3)CCC4)C2=O)cc1. The minimum atomic E-state index is -1.16. The van der Waals surface area contributed by atoms with Gasteiger partial charge in [-0.25, -0.2) is 4.79 Å². The summed E-state index contributed by atoms with van der Waals surface area (Å²) in [6.07, 6.45) is 3.13. The van der Waals surface area contributed by atoms with E-state index in [2.05, 4.69) is 19.2 Å². The molecule has 2 aromatic rings. The lowest BCUT2D eigenvalue weighted by Crippen LogP contribution is -2.41. The highest BCUT2D eigenvalue weighted by Crippen LogP contribution is 2.30. The fourth-order valence-corrected chi connectivity index (χ4v) is 4.22. The number of urea groups is 1. The molecule has 5 nitrogen and oxygen atoms in total. The molecule has 1 unspecified atom stereocenters. The largest absolute Gasteiger partial charge is 0.325 e. The van der Waals surface area contributed by atoms with Crippen molar-refractivity contribution in [2.45, 2.75) is 51.5 Å². The summed E-state index contributed by atoms with van der Waals surface area (Å²) in [6, 6.07) is 12.9. The van der Waals surface area contributed by atoms with Crippen LogP contribution in [0.25, 0.3) is 0 Å². The number of carbonyl (C=O) groups is 3. The molecule has 0 saturated carbocycles. The number of amides is 3. The van der Waals surface area contributed by atoms with Gasteiger partial charge in [0.1, 0.15) is 5.54 Å². The Morgan fingerprint density at radius 1 is 1.07 bits per heavy atom. The van der Waals surface area contributed by atoms with Gasteiger partial charge in [-0.15, -0.1) is 0 Å². The van der Waals surface area contributed by atoms with Gasteiger partial charge in [0.15, 0.2) is 5.78 Å². The Morgan fingerprint density at radius 3 is 2.45 bits per heavy atom. The Labute approximate surface area is 171 Å². The topological polar surface area (TPSA) is 66.5 Å². The van der Waals surface area contributed by atoms with Gasteiger partial charge in [0.2, 0.25) is 0 Å². The van der Waals surface area contributed by atoms with E-state index in [1.807, 2.05) is 36.4 Å². The van der Waals surface area contributed by atoms with Crippen molar-refractivity contribution in [2.75, 3.05) is 6.54 Å². The van der Waals surface area contributed by atoms with Gasteiger partial charge >= 0.3 is 6.03 Å². The van der Waals surface area contributed by atoms with Crippen LogP contribution in [-0.4, -0.2) is 29.2 Å². The Balaban J connectivity index is 1.54. The van der Waals surface area contributed by atoms with Gasteiger partial charge in [-0.2, -0.15) is 0 Å². The molecule has 1 N–H and O–H groups in total. The Bertz CT molecular complexity index is 994. The summed E-state index contributed by atoms with van der Waals surface area (Å²) in [4.78, 5) is 39.5. The van der Waals surface area contributed by atoms with E-state index in [0.29, 0.717) is 17.0 Å². The van der Waals surface area contributed by atoms with E-state index < -0.39 is 17.5 Å². The summed E-state index contributed by atoms with van der Waals surface area (Å²) in [7, 11) is 0. The van der Waals surface area contributed by atoms with Crippen molar-refractivity contribution < 1.29 is 14.4 Å². The molecule has 2 aliphatic rings. The first-order chi connectivity index (χ1) is 13.8. The number of Topliss-reactive ketones (excluding diaryl/α,β-unsaturated/α-hetero) is 1. The summed E-state index contributed by atoms with van der Waals surface area (Å²) in [5, 5.41) is 2.78. The number of rotatable bonds is 5. The third-order valence-corrected chi connectivity index (χ3v) is 6.15. The molecule has 4 rings (SSSR count). The lowest BCUT2D eigenvalue weighted by molar-refractivity contribution is -0.130. The van der Waals surface area contributed by atoms with Crippen molar-refractivity contribution >= 4 is 17.7 Å². The van der Waals surface area contributed by atoms with Gasteiger partial charge in [0.25, 0.3) is 5.91 Å². The second-order valence-corrected chi connectivity index (χ2v) is 8.48. The molecule has 5 heteroatoms. The highest BCUT2D eigenvalue weighted by Gasteiger charge is 2.49. The predicted molar refractivity (Wildman–Crippen MR) is 111 cm³/mol. The van der Waals surface area contributed by atoms with Crippen LogP contribution in [-0.2, 0) is 23.2 Å². The first-order valence-electron chi connectivity index (χ1n) is 10.2. The quantitative estimate of drug-likeness (QED) is 0.621. The van der Waals surface area contributed by atoms with Gasteiger partial charge in [-0.1, -0.05) is 50.2 Å². The summed E-state index contributed by atoms with van der Waals surface area (Å²) in [5.74, 6) is -0.232. The van der Waals surface area contributed by atoms with Crippen LogP contribution in [0.2, 0.25) is 0 Å². The van der Waals surface area contributed by atoms with Gasteiger partial charge < -0.3 is 5.32 Å². The first-order valence-corrected chi connectivity index (χ1v) is 10.2. The monoisotopic (exact) mass is 390 g/mol. The van der Waals surface area contributed by atoms with Crippen molar-refractivity contribution in [3.63, 3.8) is 0 Å². The molecule has 0 aromatic heterocycles. The maximum absolute atomic E-state index is 13.1. The summed E-state index contributed by atoms with van der Waals surface area (Å²) >= 11 is 0. The standard InChI is InChI=1S/C24H26N2O3/c1-15(2)16-9-11-20(12-10-16)24(3)22(28)26(23(29)25-24)14-21(27)19-8-7-17-5-4-6-18(17)13-19/h7-13,15H,4-6,14H2,1-3H3,(H,25,29). The molecule has 0 radical (unpaired) electrons. The molecule has 0 spiro atoms. The molecule has 1 atom stereocenters. The highest BCUT2D eigenvalue weighted by atomic mass is 16.2. The lowest BCUT2D eigenvalue weighted by Gasteiger charge is -2.22. The fourth-order valence-electron chi connectivity index (χ4n) is 4.22. The minimum Gasteiger partial charge on any atom is -0.319 e. The molecular formula is C24H26N2O3. The number of aryl methyl sites for hydroxylation is 2. The normalized spacial score (nSPS) is 20.9. The van der Waals surface area contributed by atoms with Crippen molar-refractivity contribution in [1.29, 1.82) is 0 Å². The van der Waals surface area contributed by atoms with Gasteiger partial charge in [-0.05, 0) is 60.4 Å². The number of carbonyl (C=O) groups excluding carboxylic acids is 3. The molecule has 150 valence electrons. The third kappa shape index (κ3) is 3.35. The van der Waals surface area contributed by atoms with Crippen molar-refractivity contribution in [3.05, 3.63) is 70.3 Å². The Hall–Kier alpha value is -2.95. The molecule has 3 amide bonds. The van der Waals surface area contributed by atoms with Crippen molar-refractivity contribution in [3.8, 4) is 0 Å². The average Bonchev–Trinajstić information content (AvgIpc) is 3.26. The average molecular weight is 390 g/mol. The van der Waals surface area contributed by atoms with Crippen LogP contribution in [0.3, 0.4) is 0 Å². The second-order valence-electron chi connectivity index (χ2n) is 8.48. The number of hydrogen-bond donors (Lipinski definition) is 1. The number of imide groups is 1. The number of nitrogens with one attached hydrogen (secondary N) is 1. The second kappa shape index (κ2) is 7.14. The van der Waals surface area contributed by atoms with Crippen LogP contribution >= 0.6 is 0 Å². The van der Waals surface area contributed by atoms with Crippen LogP contribution in [0.15, 0.2) is 42.5 Å². The molecule has 0 bridgehead atoms. The zero-order valence-corrected chi connectivity index (χ0v) is 17.1. The zero-order chi connectivity index (χ0) is 20.8. The molecular weight excluding hydrogens is 364 g/mol. The number of fused-ring (bicyclic) bond motifs is 1. The number of benzene rings is 2.